The van der Waals surface area contributed by atoms with E-state index in [-0.39, 0.29) is 16.4 Å². The molecule has 6 nitrogen and oxygen atoms in total. The van der Waals surface area contributed by atoms with Crippen molar-refractivity contribution in [2.75, 3.05) is 6.54 Å². The Morgan fingerprint density at radius 2 is 2.10 bits per heavy atom. The van der Waals surface area contributed by atoms with Crippen LogP contribution in [0.4, 0.5) is 5.69 Å². The van der Waals surface area contributed by atoms with E-state index in [0.29, 0.717) is 12.1 Å². The summed E-state index contributed by atoms with van der Waals surface area (Å²) in [5, 5.41) is 16.5. The Kier molecular flexibility index (Phi) is 6.74. The van der Waals surface area contributed by atoms with Crippen molar-refractivity contribution in [2.45, 2.75) is 33.1 Å². The number of rotatable bonds is 6. The van der Waals surface area contributed by atoms with Crippen LogP contribution in [0.15, 0.2) is 18.2 Å². The maximum absolute atomic E-state index is 12.0. The van der Waals surface area contributed by atoms with Gasteiger partial charge in [-0.2, -0.15) is 0 Å². The lowest BCUT2D eigenvalue weighted by atomic mass is 10.1. The van der Waals surface area contributed by atoms with Gasteiger partial charge in [0.05, 0.1) is 4.92 Å². The smallest absolute Gasteiger partial charge is 0.273 e. The highest BCUT2D eigenvalue weighted by Gasteiger charge is 2.15. The fourth-order valence-electron chi connectivity index (χ4n) is 1.74. The monoisotopic (exact) mass is 309 g/mol. The Bertz CT molecular complexity index is 546. The predicted octanol–water partition coefficient (Wildman–Crippen LogP) is 2.70. The third-order valence-electron chi connectivity index (χ3n) is 2.96. The molecule has 0 saturated carbocycles. The van der Waals surface area contributed by atoms with Gasteiger partial charge in [-0.3, -0.25) is 20.2 Å². The van der Waals surface area contributed by atoms with Crippen molar-refractivity contribution in [3.8, 4) is 0 Å². The molecule has 0 atom stereocenters. The minimum absolute atomic E-state index is 0.0792. The van der Waals surface area contributed by atoms with Crippen molar-refractivity contribution in [1.82, 2.24) is 10.6 Å². The number of hydrogen-bond acceptors (Lipinski definition) is 4. The van der Waals surface area contributed by atoms with Crippen LogP contribution in [0, 0.1) is 17.0 Å². The molecule has 1 rings (SSSR count). The van der Waals surface area contributed by atoms with Gasteiger partial charge >= 0.3 is 0 Å². The number of benzene rings is 1. The SMILES string of the molecule is CCCCCNC(=S)NC(=O)c1ccc(C)c([N+](=O)[O-])c1. The second kappa shape index (κ2) is 8.31. The van der Waals surface area contributed by atoms with Gasteiger partial charge in [-0.05, 0) is 31.6 Å². The summed E-state index contributed by atoms with van der Waals surface area (Å²) in [6, 6.07) is 4.34. The molecular weight excluding hydrogens is 290 g/mol. The fraction of sp³-hybridized carbons (Fsp3) is 0.429. The summed E-state index contributed by atoms with van der Waals surface area (Å²) >= 11 is 5.01. The summed E-state index contributed by atoms with van der Waals surface area (Å²) in [7, 11) is 0. The first-order valence-corrected chi connectivity index (χ1v) is 7.20. The van der Waals surface area contributed by atoms with E-state index in [0.717, 1.165) is 19.3 Å². The van der Waals surface area contributed by atoms with Crippen LogP contribution in [0.1, 0.15) is 42.1 Å². The molecule has 114 valence electrons. The molecule has 1 amide bonds. The molecule has 0 fully saturated rings. The Labute approximate surface area is 129 Å². The Balaban J connectivity index is 2.61. The van der Waals surface area contributed by atoms with Crippen LogP contribution in [0.5, 0.6) is 0 Å². The van der Waals surface area contributed by atoms with Crippen molar-refractivity contribution in [3.63, 3.8) is 0 Å². The second-order valence-electron chi connectivity index (χ2n) is 4.68. The molecule has 1 aromatic rings. The van der Waals surface area contributed by atoms with Crippen molar-refractivity contribution in [1.29, 1.82) is 0 Å². The third-order valence-corrected chi connectivity index (χ3v) is 3.21. The van der Waals surface area contributed by atoms with E-state index in [4.69, 9.17) is 12.2 Å². The molecule has 7 heteroatoms. The van der Waals surface area contributed by atoms with Gasteiger partial charge < -0.3 is 5.32 Å². The van der Waals surface area contributed by atoms with Crippen molar-refractivity contribution < 1.29 is 9.72 Å². The first-order chi connectivity index (χ1) is 9.95. The van der Waals surface area contributed by atoms with Gasteiger partial charge in [0, 0.05) is 23.7 Å². The van der Waals surface area contributed by atoms with Crippen molar-refractivity contribution >= 4 is 28.9 Å². The number of unbranched alkanes of at least 4 members (excludes halogenated alkanes) is 2. The molecule has 1 aromatic carbocycles. The van der Waals surface area contributed by atoms with Crippen LogP contribution in [-0.2, 0) is 0 Å². The summed E-state index contributed by atoms with van der Waals surface area (Å²) in [5.41, 5.74) is 0.645. The molecule has 21 heavy (non-hydrogen) atoms. The van der Waals surface area contributed by atoms with E-state index >= 15 is 0 Å². The topological polar surface area (TPSA) is 84.3 Å². The quantitative estimate of drug-likeness (QED) is 0.365. The summed E-state index contributed by atoms with van der Waals surface area (Å²) in [5.74, 6) is -0.453. The zero-order valence-electron chi connectivity index (χ0n) is 12.1. The van der Waals surface area contributed by atoms with E-state index in [1.54, 1.807) is 13.0 Å². The zero-order valence-corrected chi connectivity index (χ0v) is 13.0. The van der Waals surface area contributed by atoms with Gasteiger partial charge in [-0.1, -0.05) is 25.8 Å². The van der Waals surface area contributed by atoms with Crippen LogP contribution in [-0.4, -0.2) is 22.5 Å². The lowest BCUT2D eigenvalue weighted by Crippen LogP contribution is -2.39. The number of nitrogens with one attached hydrogen (secondary N) is 2. The summed E-state index contributed by atoms with van der Waals surface area (Å²) in [6.45, 7) is 4.42. The highest BCUT2D eigenvalue weighted by atomic mass is 32.1. The highest BCUT2D eigenvalue weighted by molar-refractivity contribution is 7.80. The average Bonchev–Trinajstić information content (AvgIpc) is 2.43. The number of nitro groups is 1. The molecule has 0 heterocycles. The molecule has 0 aliphatic rings. The van der Waals surface area contributed by atoms with Crippen LogP contribution in [0.3, 0.4) is 0 Å². The van der Waals surface area contributed by atoms with Gasteiger partial charge in [0.1, 0.15) is 0 Å². The minimum atomic E-state index is -0.507. The highest BCUT2D eigenvalue weighted by Crippen LogP contribution is 2.19. The molecule has 0 spiro atoms. The largest absolute Gasteiger partial charge is 0.362 e. The van der Waals surface area contributed by atoms with E-state index < -0.39 is 10.8 Å². The van der Waals surface area contributed by atoms with Gasteiger partial charge in [-0.25, -0.2) is 0 Å². The number of nitrogens with zero attached hydrogens (tertiary/aromatic N) is 1. The standard InChI is InChI=1S/C14H19N3O3S/c1-3-4-5-8-15-14(21)16-13(18)11-7-6-10(2)12(9-11)17(19)20/h6-7,9H,3-5,8H2,1-2H3,(H2,15,16,18,21). The van der Waals surface area contributed by atoms with Crippen LogP contribution < -0.4 is 10.6 Å². The fourth-order valence-corrected chi connectivity index (χ4v) is 1.94. The number of hydrogen-bond donors (Lipinski definition) is 2. The second-order valence-corrected chi connectivity index (χ2v) is 5.08. The third kappa shape index (κ3) is 5.47. The van der Waals surface area contributed by atoms with Crippen LogP contribution >= 0.6 is 12.2 Å². The minimum Gasteiger partial charge on any atom is -0.362 e. The first-order valence-electron chi connectivity index (χ1n) is 6.80. The number of thiocarbonyl (C=S) groups is 1. The normalized spacial score (nSPS) is 10.0. The van der Waals surface area contributed by atoms with Crippen LogP contribution in [0.25, 0.3) is 0 Å². The Hall–Kier alpha value is -2.02. The summed E-state index contributed by atoms with van der Waals surface area (Å²) < 4.78 is 0. The number of carbonyl (C=O) groups is 1. The Morgan fingerprint density at radius 3 is 2.71 bits per heavy atom. The van der Waals surface area contributed by atoms with E-state index in [2.05, 4.69) is 17.6 Å². The molecule has 0 bridgehead atoms. The Morgan fingerprint density at radius 1 is 1.38 bits per heavy atom. The molecule has 0 radical (unpaired) electrons. The van der Waals surface area contributed by atoms with Crippen molar-refractivity contribution in [2.24, 2.45) is 0 Å². The number of carbonyl (C=O) groups excluding carboxylic acids is 1. The number of aryl methyl sites for hydroxylation is 1. The molecular formula is C14H19N3O3S. The molecule has 0 aliphatic carbocycles. The lowest BCUT2D eigenvalue weighted by Gasteiger charge is -2.09. The number of nitro benzene ring substituents is 1. The van der Waals surface area contributed by atoms with E-state index in [1.807, 2.05) is 0 Å². The van der Waals surface area contributed by atoms with Gasteiger partial charge in [0.15, 0.2) is 5.11 Å². The number of amides is 1. The zero-order chi connectivity index (χ0) is 15.8. The average molecular weight is 309 g/mol. The summed E-state index contributed by atoms with van der Waals surface area (Å²) in [4.78, 5) is 22.3. The van der Waals surface area contributed by atoms with Crippen LogP contribution in [0.2, 0.25) is 0 Å². The molecule has 0 unspecified atom stereocenters. The lowest BCUT2D eigenvalue weighted by molar-refractivity contribution is -0.385. The summed E-state index contributed by atoms with van der Waals surface area (Å²) in [6.07, 6.45) is 3.17. The van der Waals surface area contributed by atoms with Crippen molar-refractivity contribution in [3.05, 3.63) is 39.4 Å². The van der Waals surface area contributed by atoms with Gasteiger partial charge in [0.25, 0.3) is 11.6 Å². The molecule has 0 aliphatic heterocycles. The maximum Gasteiger partial charge on any atom is 0.273 e. The maximum atomic E-state index is 12.0. The molecule has 2 N–H and O–H groups in total. The van der Waals surface area contributed by atoms with Gasteiger partial charge in [0.2, 0.25) is 0 Å². The molecule has 0 saturated heterocycles. The van der Waals surface area contributed by atoms with E-state index in [1.165, 1.54) is 12.1 Å². The molecule has 0 aromatic heterocycles. The predicted molar refractivity (Wildman–Crippen MR) is 85.4 cm³/mol. The van der Waals surface area contributed by atoms with Gasteiger partial charge in [-0.15, -0.1) is 0 Å². The first kappa shape index (κ1) is 17.0. The van der Waals surface area contributed by atoms with E-state index in [9.17, 15) is 14.9 Å².